The van der Waals surface area contributed by atoms with Gasteiger partial charge < -0.3 is 10.1 Å². The van der Waals surface area contributed by atoms with E-state index in [2.05, 4.69) is 19.2 Å². The average molecular weight is 236 g/mol. The largest absolute Gasteiger partial charge is 0.490 e. The summed E-state index contributed by atoms with van der Waals surface area (Å²) >= 11 is 0. The molecule has 0 spiro atoms. The molecule has 0 fully saturated rings. The first-order valence-electron chi connectivity index (χ1n) is 5.56. The average Bonchev–Trinajstić information content (AvgIpc) is 2.27. The second kappa shape index (κ2) is 3.91. The first kappa shape index (κ1) is 11.7. The molecule has 1 aliphatic heterocycles. The Morgan fingerprint density at radius 1 is 1.47 bits per heavy atom. The lowest BCUT2D eigenvalue weighted by molar-refractivity contribution is -0.385. The lowest BCUT2D eigenvalue weighted by atomic mass is 9.78. The number of anilines is 1. The quantitative estimate of drug-likeness (QED) is 0.633. The van der Waals surface area contributed by atoms with Crippen LogP contribution in [0.15, 0.2) is 12.1 Å². The van der Waals surface area contributed by atoms with E-state index in [-0.39, 0.29) is 11.1 Å². The van der Waals surface area contributed by atoms with E-state index in [1.165, 1.54) is 7.11 Å². The van der Waals surface area contributed by atoms with E-state index in [4.69, 9.17) is 4.74 Å². The third-order valence-electron chi connectivity index (χ3n) is 3.31. The Kier molecular flexibility index (Phi) is 2.69. The van der Waals surface area contributed by atoms with Crippen LogP contribution in [0.5, 0.6) is 5.75 Å². The van der Waals surface area contributed by atoms with Crippen molar-refractivity contribution >= 4 is 11.4 Å². The molecule has 1 aliphatic rings. The minimum atomic E-state index is -0.414. The molecule has 0 radical (unpaired) electrons. The zero-order valence-electron chi connectivity index (χ0n) is 10.2. The Hall–Kier alpha value is -1.78. The smallest absolute Gasteiger partial charge is 0.312 e. The summed E-state index contributed by atoms with van der Waals surface area (Å²) in [4.78, 5) is 10.5. The van der Waals surface area contributed by atoms with Crippen molar-refractivity contribution in [3.05, 3.63) is 27.8 Å². The molecule has 92 valence electrons. The summed E-state index contributed by atoms with van der Waals surface area (Å²) in [5, 5.41) is 14.1. The highest BCUT2D eigenvalue weighted by Gasteiger charge is 2.30. The number of nitro benzene ring substituents is 1. The van der Waals surface area contributed by atoms with Gasteiger partial charge in [-0.1, -0.05) is 13.8 Å². The fourth-order valence-corrected chi connectivity index (χ4v) is 2.23. The molecule has 0 unspecified atom stereocenters. The van der Waals surface area contributed by atoms with E-state index in [1.54, 1.807) is 12.1 Å². The van der Waals surface area contributed by atoms with Crippen LogP contribution >= 0.6 is 0 Å². The number of methoxy groups -OCH3 is 1. The summed E-state index contributed by atoms with van der Waals surface area (Å²) in [6, 6.07) is 3.34. The molecule has 1 heterocycles. The highest BCUT2D eigenvalue weighted by molar-refractivity contribution is 5.66. The molecule has 0 saturated heterocycles. The zero-order valence-corrected chi connectivity index (χ0v) is 10.2. The molecule has 0 bridgehead atoms. The number of fused-ring (bicyclic) bond motifs is 1. The fraction of sp³-hybridized carbons (Fsp3) is 0.500. The van der Waals surface area contributed by atoms with Crippen molar-refractivity contribution in [2.75, 3.05) is 19.0 Å². The van der Waals surface area contributed by atoms with Gasteiger partial charge in [-0.3, -0.25) is 10.1 Å². The molecule has 2 rings (SSSR count). The molecule has 1 aromatic rings. The number of nitro groups is 1. The van der Waals surface area contributed by atoms with Gasteiger partial charge in [0, 0.05) is 18.3 Å². The van der Waals surface area contributed by atoms with Crippen molar-refractivity contribution in [2.45, 2.75) is 25.7 Å². The number of hydrogen-bond acceptors (Lipinski definition) is 4. The van der Waals surface area contributed by atoms with Crippen LogP contribution < -0.4 is 10.1 Å². The molecular formula is C12H16N2O3. The van der Waals surface area contributed by atoms with E-state index in [9.17, 15) is 10.1 Å². The van der Waals surface area contributed by atoms with Crippen molar-refractivity contribution in [1.29, 1.82) is 0 Å². The summed E-state index contributed by atoms with van der Waals surface area (Å²) in [5.41, 5.74) is 1.94. The summed E-state index contributed by atoms with van der Waals surface area (Å²) in [5.74, 6) is 0.325. The topological polar surface area (TPSA) is 64.4 Å². The summed E-state index contributed by atoms with van der Waals surface area (Å²) in [6.45, 7) is 5.11. The molecule has 0 amide bonds. The third-order valence-corrected chi connectivity index (χ3v) is 3.31. The van der Waals surface area contributed by atoms with Crippen LogP contribution in [-0.2, 0) is 5.41 Å². The standard InChI is InChI=1S/C12H16N2O3/c1-12(2)4-5-13-9-7-10(14(15)16)11(17-3)6-8(9)12/h6-7,13H,4-5H2,1-3H3. The normalized spacial score (nSPS) is 16.9. The van der Waals surface area contributed by atoms with Gasteiger partial charge in [-0.2, -0.15) is 0 Å². The Morgan fingerprint density at radius 3 is 2.76 bits per heavy atom. The predicted molar refractivity (Wildman–Crippen MR) is 65.8 cm³/mol. The molecule has 0 aliphatic carbocycles. The Morgan fingerprint density at radius 2 is 2.18 bits per heavy atom. The third kappa shape index (κ3) is 1.92. The van der Waals surface area contributed by atoms with E-state index >= 15 is 0 Å². The minimum absolute atomic E-state index is 0.0106. The first-order valence-corrected chi connectivity index (χ1v) is 5.56. The number of nitrogens with one attached hydrogen (secondary N) is 1. The molecular weight excluding hydrogens is 220 g/mol. The van der Waals surface area contributed by atoms with Crippen LogP contribution in [0.4, 0.5) is 11.4 Å². The summed E-state index contributed by atoms with van der Waals surface area (Å²) in [7, 11) is 1.46. The maximum atomic E-state index is 10.9. The van der Waals surface area contributed by atoms with Gasteiger partial charge in [-0.25, -0.2) is 0 Å². The van der Waals surface area contributed by atoms with Crippen molar-refractivity contribution in [3.8, 4) is 5.75 Å². The number of hydrogen-bond donors (Lipinski definition) is 1. The van der Waals surface area contributed by atoms with Gasteiger partial charge in [0.15, 0.2) is 5.75 Å². The lowest BCUT2D eigenvalue weighted by Crippen LogP contribution is -2.28. The highest BCUT2D eigenvalue weighted by Crippen LogP contribution is 2.42. The van der Waals surface area contributed by atoms with Gasteiger partial charge in [-0.15, -0.1) is 0 Å². The van der Waals surface area contributed by atoms with Crippen LogP contribution in [0.1, 0.15) is 25.8 Å². The van der Waals surface area contributed by atoms with Crippen molar-refractivity contribution in [3.63, 3.8) is 0 Å². The number of benzene rings is 1. The molecule has 1 N–H and O–H groups in total. The van der Waals surface area contributed by atoms with Crippen LogP contribution in [0, 0.1) is 10.1 Å². The second-order valence-electron chi connectivity index (χ2n) is 4.89. The van der Waals surface area contributed by atoms with Gasteiger partial charge in [0.25, 0.3) is 0 Å². The molecule has 5 nitrogen and oxygen atoms in total. The zero-order chi connectivity index (χ0) is 12.6. The molecule has 0 atom stereocenters. The lowest BCUT2D eigenvalue weighted by Gasteiger charge is -2.33. The Labute approximate surface area is 99.9 Å². The Bertz CT molecular complexity index is 469. The van der Waals surface area contributed by atoms with Gasteiger partial charge >= 0.3 is 5.69 Å². The first-order chi connectivity index (χ1) is 7.95. The van der Waals surface area contributed by atoms with Crippen LogP contribution in [-0.4, -0.2) is 18.6 Å². The maximum absolute atomic E-state index is 10.9. The van der Waals surface area contributed by atoms with Gasteiger partial charge in [0.05, 0.1) is 12.0 Å². The summed E-state index contributed by atoms with van der Waals surface area (Å²) < 4.78 is 5.10. The predicted octanol–water partition coefficient (Wildman–Crippen LogP) is 2.70. The van der Waals surface area contributed by atoms with Gasteiger partial charge in [0.1, 0.15) is 0 Å². The number of rotatable bonds is 2. The van der Waals surface area contributed by atoms with Crippen molar-refractivity contribution in [1.82, 2.24) is 0 Å². The highest BCUT2D eigenvalue weighted by atomic mass is 16.6. The minimum Gasteiger partial charge on any atom is -0.490 e. The SMILES string of the molecule is COc1cc2c(cc1[N+](=O)[O-])NCCC2(C)C. The Balaban J connectivity index is 2.61. The summed E-state index contributed by atoms with van der Waals surface area (Å²) in [6.07, 6.45) is 1.00. The van der Waals surface area contributed by atoms with Crippen molar-refractivity contribution in [2.24, 2.45) is 0 Å². The van der Waals surface area contributed by atoms with Crippen LogP contribution in [0.3, 0.4) is 0 Å². The monoisotopic (exact) mass is 236 g/mol. The fourth-order valence-electron chi connectivity index (χ4n) is 2.23. The second-order valence-corrected chi connectivity index (χ2v) is 4.89. The molecule has 17 heavy (non-hydrogen) atoms. The molecule has 5 heteroatoms. The van der Waals surface area contributed by atoms with E-state index in [0.717, 1.165) is 24.2 Å². The van der Waals surface area contributed by atoms with E-state index in [1.807, 2.05) is 0 Å². The maximum Gasteiger partial charge on any atom is 0.312 e. The van der Waals surface area contributed by atoms with E-state index < -0.39 is 4.92 Å². The molecule has 0 aromatic heterocycles. The molecule has 0 saturated carbocycles. The van der Waals surface area contributed by atoms with Crippen LogP contribution in [0.25, 0.3) is 0 Å². The van der Waals surface area contributed by atoms with Crippen LogP contribution in [0.2, 0.25) is 0 Å². The molecule has 1 aromatic carbocycles. The van der Waals surface area contributed by atoms with Crippen molar-refractivity contribution < 1.29 is 9.66 Å². The van der Waals surface area contributed by atoms with Gasteiger partial charge in [0.2, 0.25) is 0 Å². The number of ether oxygens (including phenoxy) is 1. The van der Waals surface area contributed by atoms with E-state index in [0.29, 0.717) is 5.75 Å². The van der Waals surface area contributed by atoms with Gasteiger partial charge in [-0.05, 0) is 23.5 Å². The number of nitrogens with zero attached hydrogens (tertiary/aromatic N) is 1.